The minimum atomic E-state index is -0.705. The molecule has 2 N–H and O–H groups in total. The molecule has 3 aromatic carbocycles. The molecule has 7 nitrogen and oxygen atoms in total. The van der Waals surface area contributed by atoms with E-state index in [0.29, 0.717) is 34.9 Å². The zero-order valence-electron chi connectivity index (χ0n) is 17.6. The Hall–Kier alpha value is -4.52. The smallest absolute Gasteiger partial charge is 0.276 e. The number of anilines is 1. The fraction of sp³-hybridized carbons (Fsp3) is 0.0769. The van der Waals surface area contributed by atoms with Crippen LogP contribution in [0.5, 0.6) is 5.75 Å². The first-order valence-corrected chi connectivity index (χ1v) is 10.5. The Kier molecular flexibility index (Phi) is 5.51. The second kappa shape index (κ2) is 8.92. The summed E-state index contributed by atoms with van der Waals surface area (Å²) >= 11 is 0. The van der Waals surface area contributed by atoms with Crippen molar-refractivity contribution in [3.8, 4) is 5.75 Å². The molecule has 0 unspecified atom stereocenters. The number of rotatable bonds is 6. The van der Waals surface area contributed by atoms with Crippen LogP contribution in [0.1, 0.15) is 38.2 Å². The predicted molar refractivity (Wildman–Crippen MR) is 122 cm³/mol. The highest BCUT2D eigenvalue weighted by molar-refractivity contribution is 6.04. The van der Waals surface area contributed by atoms with Crippen molar-refractivity contribution < 1.29 is 18.7 Å². The number of nitrogens with one attached hydrogen (secondary N) is 2. The maximum atomic E-state index is 13.3. The van der Waals surface area contributed by atoms with Crippen LogP contribution in [0, 0.1) is 0 Å². The van der Waals surface area contributed by atoms with Gasteiger partial charge in [0.25, 0.3) is 11.8 Å². The van der Waals surface area contributed by atoms with E-state index in [2.05, 4.69) is 10.7 Å². The highest BCUT2D eigenvalue weighted by Gasteiger charge is 2.36. The van der Waals surface area contributed by atoms with E-state index in [1.807, 2.05) is 42.5 Å². The van der Waals surface area contributed by atoms with E-state index < -0.39 is 12.1 Å². The third kappa shape index (κ3) is 4.16. The monoisotopic (exact) mass is 439 g/mol. The Morgan fingerprint density at radius 3 is 2.52 bits per heavy atom. The van der Waals surface area contributed by atoms with E-state index >= 15 is 0 Å². The molecule has 164 valence electrons. The van der Waals surface area contributed by atoms with Crippen molar-refractivity contribution in [2.45, 2.75) is 12.8 Å². The zero-order chi connectivity index (χ0) is 22.6. The lowest BCUT2D eigenvalue weighted by Crippen LogP contribution is -2.52. The lowest BCUT2D eigenvalue weighted by molar-refractivity contribution is 0.0465. The summed E-state index contributed by atoms with van der Waals surface area (Å²) < 4.78 is 11.5. The molecule has 0 radical (unpaired) electrons. The van der Waals surface area contributed by atoms with Crippen LogP contribution in [0.15, 0.2) is 102 Å². The van der Waals surface area contributed by atoms with Gasteiger partial charge >= 0.3 is 0 Å². The molecule has 7 heteroatoms. The molecule has 4 aromatic rings. The number of hydrogen-bond donors (Lipinski definition) is 2. The summed E-state index contributed by atoms with van der Waals surface area (Å²) in [6, 6.07) is 27.2. The largest absolute Gasteiger partial charge is 0.488 e. The van der Waals surface area contributed by atoms with Crippen molar-refractivity contribution in [1.29, 1.82) is 0 Å². The molecular weight excluding hydrogens is 418 g/mol. The first-order chi connectivity index (χ1) is 16.2. The van der Waals surface area contributed by atoms with Crippen LogP contribution >= 0.6 is 0 Å². The lowest BCUT2D eigenvalue weighted by Gasteiger charge is -2.36. The predicted octanol–water partition coefficient (Wildman–Crippen LogP) is 4.77. The van der Waals surface area contributed by atoms with Gasteiger partial charge in [-0.2, -0.15) is 0 Å². The zero-order valence-corrected chi connectivity index (χ0v) is 17.6. The van der Waals surface area contributed by atoms with E-state index in [9.17, 15) is 9.59 Å². The first-order valence-electron chi connectivity index (χ1n) is 10.5. The number of carbonyl (C=O) groups is 2. The molecular formula is C26H21N3O4. The molecule has 1 aromatic heterocycles. The number of benzene rings is 3. The van der Waals surface area contributed by atoms with Gasteiger partial charge in [0, 0.05) is 5.69 Å². The van der Waals surface area contributed by atoms with E-state index in [-0.39, 0.29) is 5.91 Å². The van der Waals surface area contributed by atoms with Crippen molar-refractivity contribution >= 4 is 17.5 Å². The molecule has 0 fully saturated rings. The minimum Gasteiger partial charge on any atom is -0.488 e. The van der Waals surface area contributed by atoms with Crippen LogP contribution in [-0.4, -0.2) is 16.8 Å². The van der Waals surface area contributed by atoms with Gasteiger partial charge in [-0.05, 0) is 42.0 Å². The fourth-order valence-electron chi connectivity index (χ4n) is 3.70. The molecule has 0 spiro atoms. The standard InChI is InChI=1S/C26H21N3O4/c30-25(20-12-5-7-14-22(20)33-17-18-9-2-1-3-10-18)28-29-24(23-15-8-16-32-23)27-21-13-6-4-11-19(21)26(29)31/h1-16,24,27H,17H2,(H,28,30)/t24-/m0/s1. The van der Waals surface area contributed by atoms with E-state index in [4.69, 9.17) is 9.15 Å². The topological polar surface area (TPSA) is 83.8 Å². The molecule has 0 saturated carbocycles. The Morgan fingerprint density at radius 1 is 0.939 bits per heavy atom. The average Bonchev–Trinajstić information content (AvgIpc) is 3.40. The van der Waals surface area contributed by atoms with Crippen LogP contribution in [0.4, 0.5) is 5.69 Å². The maximum absolute atomic E-state index is 13.3. The van der Waals surface area contributed by atoms with Crippen molar-refractivity contribution in [3.05, 3.63) is 120 Å². The van der Waals surface area contributed by atoms with Crippen molar-refractivity contribution in [1.82, 2.24) is 10.4 Å². The summed E-state index contributed by atoms with van der Waals surface area (Å²) in [6.45, 7) is 0.317. The number of carbonyl (C=O) groups excluding carboxylic acids is 2. The highest BCUT2D eigenvalue weighted by Crippen LogP contribution is 2.32. The van der Waals surface area contributed by atoms with Gasteiger partial charge in [-0.15, -0.1) is 0 Å². The summed E-state index contributed by atoms with van der Waals surface area (Å²) in [7, 11) is 0. The SMILES string of the molecule is O=C(NN1C(=O)c2ccccc2N[C@@H]1c1ccco1)c1ccccc1OCc1ccccc1. The number of para-hydroxylation sites is 2. The van der Waals surface area contributed by atoms with Crippen molar-refractivity contribution in [2.75, 3.05) is 5.32 Å². The van der Waals surface area contributed by atoms with Crippen molar-refractivity contribution in [2.24, 2.45) is 0 Å². The quantitative estimate of drug-likeness (QED) is 0.452. The Balaban J connectivity index is 1.41. The highest BCUT2D eigenvalue weighted by atomic mass is 16.5. The molecule has 1 atom stereocenters. The third-order valence-corrected chi connectivity index (χ3v) is 5.33. The summed E-state index contributed by atoms with van der Waals surface area (Å²) in [5.74, 6) is 0.101. The Labute approximate surface area is 190 Å². The fourth-order valence-corrected chi connectivity index (χ4v) is 3.70. The average molecular weight is 439 g/mol. The van der Waals surface area contributed by atoms with Gasteiger partial charge in [0.2, 0.25) is 0 Å². The van der Waals surface area contributed by atoms with E-state index in [1.54, 1.807) is 48.5 Å². The number of nitrogens with zero attached hydrogens (tertiary/aromatic N) is 1. The molecule has 0 bridgehead atoms. The van der Waals surface area contributed by atoms with E-state index in [1.165, 1.54) is 11.3 Å². The van der Waals surface area contributed by atoms with Crippen LogP contribution < -0.4 is 15.5 Å². The number of fused-ring (bicyclic) bond motifs is 1. The normalized spacial score (nSPS) is 14.8. The molecule has 2 amide bonds. The van der Waals surface area contributed by atoms with Gasteiger partial charge < -0.3 is 14.5 Å². The molecule has 5 rings (SSSR count). The van der Waals surface area contributed by atoms with Crippen molar-refractivity contribution in [3.63, 3.8) is 0 Å². The minimum absolute atomic E-state index is 0.317. The Morgan fingerprint density at radius 2 is 1.70 bits per heavy atom. The van der Waals surface area contributed by atoms with Crippen LogP contribution in [0.3, 0.4) is 0 Å². The molecule has 0 saturated heterocycles. The third-order valence-electron chi connectivity index (χ3n) is 5.33. The van der Waals surface area contributed by atoms with Crippen LogP contribution in [0.25, 0.3) is 0 Å². The molecule has 33 heavy (non-hydrogen) atoms. The summed E-state index contributed by atoms with van der Waals surface area (Å²) in [4.78, 5) is 26.6. The van der Waals surface area contributed by atoms with Gasteiger partial charge in [-0.25, -0.2) is 5.01 Å². The molecule has 1 aliphatic rings. The number of hydrogen-bond acceptors (Lipinski definition) is 5. The van der Waals surface area contributed by atoms with Gasteiger partial charge in [0.05, 0.1) is 17.4 Å². The number of ether oxygens (including phenoxy) is 1. The second-order valence-corrected chi connectivity index (χ2v) is 7.49. The first kappa shape index (κ1) is 20.4. The summed E-state index contributed by atoms with van der Waals surface area (Å²) in [5, 5.41) is 4.51. The second-order valence-electron chi connectivity index (χ2n) is 7.49. The number of amides is 2. The van der Waals surface area contributed by atoms with Gasteiger partial charge in [-0.3, -0.25) is 15.0 Å². The van der Waals surface area contributed by atoms with Crippen LogP contribution in [0.2, 0.25) is 0 Å². The van der Waals surface area contributed by atoms with Gasteiger partial charge in [-0.1, -0.05) is 54.6 Å². The maximum Gasteiger partial charge on any atom is 0.276 e. The molecule has 0 aliphatic carbocycles. The van der Waals surface area contributed by atoms with E-state index in [0.717, 1.165) is 5.56 Å². The summed E-state index contributed by atoms with van der Waals surface area (Å²) in [5.41, 5.74) is 5.17. The number of hydrazine groups is 1. The molecule has 1 aliphatic heterocycles. The number of furan rings is 1. The van der Waals surface area contributed by atoms with Gasteiger partial charge in [0.1, 0.15) is 18.1 Å². The summed E-state index contributed by atoms with van der Waals surface area (Å²) in [6.07, 6.45) is 0.818. The molecule has 2 heterocycles. The lowest BCUT2D eigenvalue weighted by atomic mass is 10.1. The van der Waals surface area contributed by atoms with Gasteiger partial charge in [0.15, 0.2) is 6.17 Å². The Bertz CT molecular complexity index is 1270. The van der Waals surface area contributed by atoms with Crippen LogP contribution in [-0.2, 0) is 6.61 Å².